The zero-order valence-electron chi connectivity index (χ0n) is 43.5. The molecule has 14 atom stereocenters. The van der Waals surface area contributed by atoms with Crippen molar-refractivity contribution >= 4 is 29.4 Å². The van der Waals surface area contributed by atoms with Gasteiger partial charge < -0.3 is 43.5 Å². The predicted octanol–water partition coefficient (Wildman–Crippen LogP) is 6.77. The summed E-state index contributed by atoms with van der Waals surface area (Å²) in [5.41, 5.74) is 5.38. The Bertz CT molecular complexity index is 2000. The lowest BCUT2D eigenvalue weighted by Crippen LogP contribution is -2.64. The number of nitrogens with one attached hydrogen (secondary N) is 1. The lowest BCUT2D eigenvalue weighted by Gasteiger charge is -2.47. The lowest BCUT2D eigenvalue weighted by molar-refractivity contribution is -0.302. The van der Waals surface area contributed by atoms with Crippen LogP contribution in [-0.2, 0) is 59.0 Å². The first-order valence-corrected chi connectivity index (χ1v) is 25.5. The number of ether oxygens (including phenoxy) is 6. The molecule has 1 saturated carbocycles. The van der Waals surface area contributed by atoms with Crippen LogP contribution in [0, 0.1) is 29.6 Å². The third-order valence-corrected chi connectivity index (χ3v) is 14.9. The van der Waals surface area contributed by atoms with E-state index in [1.54, 1.807) is 39.2 Å². The van der Waals surface area contributed by atoms with Crippen molar-refractivity contribution in [3.05, 3.63) is 58.7 Å². The van der Waals surface area contributed by atoms with Crippen LogP contribution in [0.25, 0.3) is 0 Å². The van der Waals surface area contributed by atoms with Crippen molar-refractivity contribution in [2.24, 2.45) is 29.6 Å². The summed E-state index contributed by atoms with van der Waals surface area (Å²) in [7, 11) is 4.70. The van der Waals surface area contributed by atoms with Gasteiger partial charge in [0, 0.05) is 57.6 Å². The van der Waals surface area contributed by atoms with E-state index in [1.807, 2.05) is 52.8 Å². The number of carbonyl (C=O) groups excluding carboxylic acids is 5. The molecule has 0 radical (unpaired) electrons. The minimum Gasteiger partial charge on any atom is -0.456 e. The number of hydrogen-bond donors (Lipinski definition) is 3. The number of rotatable bonds is 12. The van der Waals surface area contributed by atoms with Crippen molar-refractivity contribution in [3.8, 4) is 0 Å². The minimum atomic E-state index is -2.53. The molecule has 1 aromatic rings. The van der Waals surface area contributed by atoms with Gasteiger partial charge in [0.25, 0.3) is 17.6 Å². The largest absolute Gasteiger partial charge is 0.456 e. The summed E-state index contributed by atoms with van der Waals surface area (Å²) in [4.78, 5) is 76.5. The Balaban J connectivity index is 1.42. The molecule has 3 fully saturated rings. The van der Waals surface area contributed by atoms with Crippen LogP contribution in [0.1, 0.15) is 142 Å². The van der Waals surface area contributed by atoms with Crippen LogP contribution in [-0.4, -0.2) is 133 Å². The lowest BCUT2D eigenvalue weighted by atomic mass is 9.81. The van der Waals surface area contributed by atoms with Crippen molar-refractivity contribution in [3.63, 3.8) is 0 Å². The number of allylic oxidation sites excluding steroid dienone is 3. The average Bonchev–Trinajstić information content (AvgIpc) is 3.34. The first kappa shape index (κ1) is 57.0. The van der Waals surface area contributed by atoms with E-state index >= 15 is 0 Å². The monoisotopic (exact) mass is 983 g/mol. The van der Waals surface area contributed by atoms with Gasteiger partial charge in [0.1, 0.15) is 24.0 Å². The second-order valence-corrected chi connectivity index (χ2v) is 20.7. The number of amides is 2. The van der Waals surface area contributed by atoms with E-state index < -0.39 is 77.8 Å². The summed E-state index contributed by atoms with van der Waals surface area (Å²) in [6.07, 6.45) is 3.91. The Morgan fingerprint density at radius 3 is 2.31 bits per heavy atom. The van der Waals surface area contributed by atoms with E-state index in [2.05, 4.69) is 12.4 Å². The number of ketones is 2. The number of aliphatic hydroxyl groups excluding tert-OH is 1. The minimum absolute atomic E-state index is 0.0168. The van der Waals surface area contributed by atoms with Crippen LogP contribution < -0.4 is 5.48 Å². The Kier molecular flexibility index (Phi) is 21.3. The molecule has 0 aromatic heterocycles. The van der Waals surface area contributed by atoms with Gasteiger partial charge in [-0.25, -0.2) is 10.3 Å². The molecule has 14 unspecified atom stereocenters. The molecule has 2 saturated heterocycles. The molecule has 3 aliphatic heterocycles. The van der Waals surface area contributed by atoms with E-state index in [0.29, 0.717) is 62.5 Å². The van der Waals surface area contributed by atoms with Crippen LogP contribution in [0.2, 0.25) is 0 Å². The number of hydrogen-bond acceptors (Lipinski definition) is 14. The maximum Gasteiger partial charge on any atom is 0.329 e. The summed E-state index contributed by atoms with van der Waals surface area (Å²) >= 11 is 0. The van der Waals surface area contributed by atoms with Crippen LogP contribution >= 0.6 is 0 Å². The number of hydroxylamine groups is 1. The smallest absolute Gasteiger partial charge is 0.329 e. The maximum absolute atomic E-state index is 14.6. The Morgan fingerprint density at radius 2 is 1.64 bits per heavy atom. The average molecular weight is 983 g/mol. The standard InChI is InChI=1S/C54H82N2O14/c1-12-39-23-32(4)22-33(5)24-46(65-10)49-47(66-11)26-35(7)54(63,69-49)50(59)52(61)56-21-14-13-18-41(56)53(62)68-48(36(8)42(57)29-43(39)58)34(6)25-37-19-20-44(45(28-37)64-9)67-30-38-16-15-17-40(27-38)51(60)55-70-31(2)3/h15-17,23,25,27,31,33,35-37,39,41-42,44-49,57,63H,12-14,18-22,24,26,28-30H2,1-11H3,(H,55,60)/b32-23+,34-25?. The van der Waals surface area contributed by atoms with Crippen molar-refractivity contribution < 1.29 is 67.4 Å². The van der Waals surface area contributed by atoms with Gasteiger partial charge >= 0.3 is 5.97 Å². The number of Topliss-reactive ketones (excluding diaryl/α,β-unsaturated/α-hetero) is 2. The number of methoxy groups -OCH3 is 3. The number of aliphatic hydroxyl groups is 2. The predicted molar refractivity (Wildman–Crippen MR) is 261 cm³/mol. The van der Waals surface area contributed by atoms with Gasteiger partial charge in [0.05, 0.1) is 43.2 Å². The van der Waals surface area contributed by atoms with Crippen LogP contribution in [0.5, 0.6) is 0 Å². The quantitative estimate of drug-likeness (QED) is 0.0857. The summed E-state index contributed by atoms with van der Waals surface area (Å²) in [5.74, 6) is -8.05. The van der Waals surface area contributed by atoms with E-state index in [0.717, 1.165) is 11.1 Å². The third-order valence-electron chi connectivity index (χ3n) is 14.9. The van der Waals surface area contributed by atoms with E-state index in [1.165, 1.54) is 19.1 Å². The first-order valence-electron chi connectivity index (χ1n) is 25.5. The first-order chi connectivity index (χ1) is 33.2. The molecule has 0 spiro atoms. The molecule has 4 aliphatic rings. The van der Waals surface area contributed by atoms with Gasteiger partial charge in [0.2, 0.25) is 5.79 Å². The highest BCUT2D eigenvalue weighted by atomic mass is 16.7. The van der Waals surface area contributed by atoms with Gasteiger partial charge in [-0.2, -0.15) is 0 Å². The summed E-state index contributed by atoms with van der Waals surface area (Å²) in [6, 6.07) is 6.00. The third kappa shape index (κ3) is 14.4. The molecule has 16 heteroatoms. The second-order valence-electron chi connectivity index (χ2n) is 20.7. The molecule has 16 nitrogen and oxygen atoms in total. The summed E-state index contributed by atoms with van der Waals surface area (Å²) < 4.78 is 36.8. The zero-order chi connectivity index (χ0) is 51.4. The normalized spacial score (nSPS) is 35.6. The number of piperidine rings is 1. The van der Waals surface area contributed by atoms with Crippen molar-refractivity contribution in [2.45, 2.75) is 193 Å². The van der Waals surface area contributed by atoms with Crippen LogP contribution in [0.3, 0.4) is 0 Å². The summed E-state index contributed by atoms with van der Waals surface area (Å²) in [5, 5.41) is 24.0. The molecule has 1 aromatic carbocycles. The topological polar surface area (TPSA) is 206 Å². The Morgan fingerprint density at radius 1 is 0.943 bits per heavy atom. The van der Waals surface area contributed by atoms with Gasteiger partial charge in [-0.15, -0.1) is 0 Å². The number of carbonyl (C=O) groups is 5. The fourth-order valence-electron chi connectivity index (χ4n) is 10.8. The van der Waals surface area contributed by atoms with E-state index in [-0.39, 0.29) is 74.3 Å². The fourth-order valence-corrected chi connectivity index (χ4v) is 10.8. The highest BCUT2D eigenvalue weighted by Crippen LogP contribution is 2.39. The summed E-state index contributed by atoms with van der Waals surface area (Å²) in [6.45, 7) is 15.2. The molecule has 392 valence electrons. The number of nitrogens with zero attached hydrogens (tertiary/aromatic N) is 1. The van der Waals surface area contributed by atoms with E-state index in [9.17, 15) is 34.2 Å². The Hall–Kier alpha value is -3.87. The number of esters is 1. The molecule has 5 rings (SSSR count). The second kappa shape index (κ2) is 26.2. The molecule has 2 amide bonds. The van der Waals surface area contributed by atoms with Gasteiger partial charge in [-0.1, -0.05) is 57.6 Å². The molecule has 3 heterocycles. The number of benzene rings is 1. The van der Waals surface area contributed by atoms with E-state index in [4.69, 9.17) is 33.3 Å². The van der Waals surface area contributed by atoms with Gasteiger partial charge in [0.15, 0.2) is 0 Å². The maximum atomic E-state index is 14.6. The zero-order valence-corrected chi connectivity index (χ0v) is 43.5. The number of fused-ring (bicyclic) bond motifs is 3. The Labute approximate surface area is 415 Å². The molecule has 2 bridgehead atoms. The molecular formula is C54H82N2O14. The van der Waals surface area contributed by atoms with Crippen LogP contribution in [0.4, 0.5) is 0 Å². The molecule has 3 N–H and O–H groups in total. The fraction of sp³-hybridized carbons (Fsp3) is 0.722. The SMILES string of the molecule is CCC1/C=C(\C)CC(C)CC(OC)C2OC(O)(C(=O)C(=O)N3CCCCC3C(=O)OC(C(C)=CC3CCC(OCc4cccc(C(=O)NOC(C)C)c4)C(OC)C3)C(C)C(O)CC1=O)C(C)CC2OC. The molecule has 70 heavy (non-hydrogen) atoms. The molecular weight excluding hydrogens is 901 g/mol. The van der Waals surface area contributed by atoms with Crippen molar-refractivity contribution in [1.82, 2.24) is 10.4 Å². The highest BCUT2D eigenvalue weighted by molar-refractivity contribution is 6.39. The van der Waals surface area contributed by atoms with Crippen LogP contribution in [0.15, 0.2) is 47.6 Å². The van der Waals surface area contributed by atoms with Crippen molar-refractivity contribution in [2.75, 3.05) is 27.9 Å². The highest BCUT2D eigenvalue weighted by Gasteiger charge is 2.56. The molecule has 1 aliphatic carbocycles. The van der Waals surface area contributed by atoms with Gasteiger partial charge in [-0.05, 0) is 127 Å². The van der Waals surface area contributed by atoms with Gasteiger partial charge in [-0.3, -0.25) is 24.0 Å². The van der Waals surface area contributed by atoms with Crippen molar-refractivity contribution in [1.29, 1.82) is 0 Å². The number of cyclic esters (lactones) is 1.